The number of anilines is 1. The van der Waals surface area contributed by atoms with Gasteiger partial charge in [-0.05, 0) is 29.8 Å². The molecule has 0 atom stereocenters. The summed E-state index contributed by atoms with van der Waals surface area (Å²) in [5.41, 5.74) is 0.857. The molecular formula is C18H12BrF2N3O5S. The van der Waals surface area contributed by atoms with Crippen molar-refractivity contribution in [1.82, 2.24) is 9.38 Å². The highest BCUT2D eigenvalue weighted by atomic mass is 79.9. The number of nitrogens with zero attached hydrogens (tertiary/aromatic N) is 3. The highest BCUT2D eigenvalue weighted by molar-refractivity contribution is 9.10. The molecule has 1 amide bonds. The number of carbonyl (C=O) groups excluding carboxylic acids is 1. The summed E-state index contributed by atoms with van der Waals surface area (Å²) in [5.74, 6) is -1.22. The number of halogens is 3. The van der Waals surface area contributed by atoms with Gasteiger partial charge in [-0.25, -0.2) is 13.4 Å². The molecule has 1 aromatic carbocycles. The van der Waals surface area contributed by atoms with Crippen molar-refractivity contribution in [2.24, 2.45) is 0 Å². The van der Waals surface area contributed by atoms with Gasteiger partial charge in [0.1, 0.15) is 5.65 Å². The largest absolute Gasteiger partial charge is 0.586 e. The molecule has 2 aliphatic rings. The molecular weight excluding hydrogens is 488 g/mol. The predicted octanol–water partition coefficient (Wildman–Crippen LogP) is 3.37. The van der Waals surface area contributed by atoms with E-state index >= 15 is 0 Å². The van der Waals surface area contributed by atoms with E-state index in [9.17, 15) is 22.0 Å². The van der Waals surface area contributed by atoms with E-state index in [1.807, 2.05) is 0 Å². The van der Waals surface area contributed by atoms with E-state index in [0.29, 0.717) is 15.7 Å². The fourth-order valence-electron chi connectivity index (χ4n) is 3.51. The summed E-state index contributed by atoms with van der Waals surface area (Å²) in [4.78, 5) is 18.6. The number of carbonyl (C=O) groups is 1. The molecule has 8 nitrogen and oxygen atoms in total. The van der Waals surface area contributed by atoms with Crippen LogP contribution in [0.15, 0.2) is 40.0 Å². The van der Waals surface area contributed by atoms with Crippen LogP contribution in [0, 0.1) is 0 Å². The van der Waals surface area contributed by atoms with Crippen LogP contribution < -0.4 is 14.4 Å². The van der Waals surface area contributed by atoms with E-state index in [-0.39, 0.29) is 40.2 Å². The van der Waals surface area contributed by atoms with Gasteiger partial charge < -0.3 is 9.47 Å². The van der Waals surface area contributed by atoms with E-state index in [1.54, 1.807) is 18.3 Å². The zero-order valence-corrected chi connectivity index (χ0v) is 17.6. The first-order valence-electron chi connectivity index (χ1n) is 8.74. The zero-order chi connectivity index (χ0) is 21.4. The Labute approximate surface area is 177 Å². The Bertz CT molecular complexity index is 1360. The molecule has 5 rings (SSSR count). The van der Waals surface area contributed by atoms with Crippen molar-refractivity contribution in [3.8, 4) is 11.5 Å². The number of hydrogen-bond acceptors (Lipinski definition) is 6. The van der Waals surface area contributed by atoms with Crippen LogP contribution in [0.4, 0.5) is 14.6 Å². The standard InChI is InChI=1S/C18H12BrF2N3O5S/c1-2-30(26,27)17-15(22-14-6-10(19)3-4-23(14)17)24-8-9-5-12-13(7-11(9)16(24)25)29-18(20,21)28-12/h3-7H,2,8H2,1H3. The number of pyridine rings is 1. The number of benzene rings is 1. The van der Waals surface area contributed by atoms with Gasteiger partial charge in [0.25, 0.3) is 5.91 Å². The van der Waals surface area contributed by atoms with Crippen molar-refractivity contribution in [2.75, 3.05) is 10.7 Å². The molecule has 30 heavy (non-hydrogen) atoms. The summed E-state index contributed by atoms with van der Waals surface area (Å²) in [6.45, 7) is 1.45. The second-order valence-corrected chi connectivity index (χ2v) is 9.84. The first-order chi connectivity index (χ1) is 14.1. The number of sulfone groups is 1. The van der Waals surface area contributed by atoms with Crippen LogP contribution in [0.5, 0.6) is 11.5 Å². The lowest BCUT2D eigenvalue weighted by molar-refractivity contribution is -0.286. The first-order valence-corrected chi connectivity index (χ1v) is 11.2. The third-order valence-corrected chi connectivity index (χ3v) is 7.11. The molecule has 0 N–H and O–H groups in total. The number of amides is 1. The van der Waals surface area contributed by atoms with Crippen LogP contribution >= 0.6 is 15.9 Å². The van der Waals surface area contributed by atoms with Gasteiger partial charge in [-0.2, -0.15) is 0 Å². The maximum atomic E-state index is 13.3. The summed E-state index contributed by atoms with van der Waals surface area (Å²) in [6, 6.07) is 5.76. The lowest BCUT2D eigenvalue weighted by atomic mass is 10.1. The molecule has 0 bridgehead atoms. The maximum absolute atomic E-state index is 13.3. The van der Waals surface area contributed by atoms with Crippen molar-refractivity contribution in [2.45, 2.75) is 24.8 Å². The van der Waals surface area contributed by atoms with Gasteiger partial charge in [0.05, 0.1) is 12.3 Å². The van der Waals surface area contributed by atoms with Crippen molar-refractivity contribution in [1.29, 1.82) is 0 Å². The predicted molar refractivity (Wildman–Crippen MR) is 104 cm³/mol. The Kier molecular flexibility index (Phi) is 3.94. The molecule has 0 saturated carbocycles. The van der Waals surface area contributed by atoms with Crippen molar-refractivity contribution < 1.29 is 31.5 Å². The summed E-state index contributed by atoms with van der Waals surface area (Å²) in [5, 5.41) is -0.111. The highest BCUT2D eigenvalue weighted by Gasteiger charge is 2.45. The van der Waals surface area contributed by atoms with Gasteiger partial charge in [0, 0.05) is 16.2 Å². The number of hydrogen-bond donors (Lipinski definition) is 0. The van der Waals surface area contributed by atoms with Gasteiger partial charge >= 0.3 is 6.29 Å². The summed E-state index contributed by atoms with van der Waals surface area (Å²) < 4.78 is 63.2. The number of rotatable bonds is 3. The fraction of sp³-hybridized carbons (Fsp3) is 0.222. The lowest BCUT2D eigenvalue weighted by Crippen LogP contribution is -2.26. The minimum Gasteiger partial charge on any atom is -0.395 e. The number of imidazole rings is 1. The van der Waals surface area contributed by atoms with E-state index in [4.69, 9.17) is 0 Å². The van der Waals surface area contributed by atoms with Crippen LogP contribution in [0.1, 0.15) is 22.8 Å². The molecule has 0 aliphatic carbocycles. The molecule has 0 spiro atoms. The monoisotopic (exact) mass is 499 g/mol. The Balaban J connectivity index is 1.65. The average molecular weight is 500 g/mol. The van der Waals surface area contributed by atoms with Crippen LogP contribution in [-0.4, -0.2) is 35.8 Å². The van der Waals surface area contributed by atoms with Crippen molar-refractivity contribution in [3.63, 3.8) is 0 Å². The lowest BCUT2D eigenvalue weighted by Gasteiger charge is -2.14. The number of alkyl halides is 2. The molecule has 4 heterocycles. The molecule has 156 valence electrons. The second-order valence-electron chi connectivity index (χ2n) is 6.73. The fourth-order valence-corrected chi connectivity index (χ4v) is 5.00. The minimum atomic E-state index is -3.79. The van der Waals surface area contributed by atoms with Gasteiger partial charge in [0.2, 0.25) is 0 Å². The normalized spacial score (nSPS) is 17.1. The van der Waals surface area contributed by atoms with Gasteiger partial charge in [-0.1, -0.05) is 22.9 Å². The number of aromatic nitrogens is 2. The Morgan fingerprint density at radius 2 is 1.93 bits per heavy atom. The van der Waals surface area contributed by atoms with E-state index < -0.39 is 22.0 Å². The van der Waals surface area contributed by atoms with Crippen LogP contribution in [0.25, 0.3) is 5.65 Å². The van der Waals surface area contributed by atoms with Crippen LogP contribution in [-0.2, 0) is 16.4 Å². The molecule has 2 aromatic heterocycles. The zero-order valence-electron chi connectivity index (χ0n) is 15.2. The quantitative estimate of drug-likeness (QED) is 0.548. The average Bonchev–Trinajstić information content (AvgIpc) is 3.29. The number of fused-ring (bicyclic) bond motifs is 3. The summed E-state index contributed by atoms with van der Waals surface area (Å²) >= 11 is 3.32. The molecule has 2 aliphatic heterocycles. The Morgan fingerprint density at radius 1 is 1.23 bits per heavy atom. The SMILES string of the molecule is CCS(=O)(=O)c1c(N2Cc3cc4c(cc3C2=O)OC(F)(F)O4)nc2cc(Br)ccn12. The van der Waals surface area contributed by atoms with Crippen LogP contribution in [0.3, 0.4) is 0 Å². The maximum Gasteiger partial charge on any atom is 0.586 e. The van der Waals surface area contributed by atoms with Crippen molar-refractivity contribution >= 4 is 43.1 Å². The highest BCUT2D eigenvalue weighted by Crippen LogP contribution is 2.45. The molecule has 3 aromatic rings. The van der Waals surface area contributed by atoms with E-state index in [2.05, 4.69) is 30.4 Å². The van der Waals surface area contributed by atoms with E-state index in [0.717, 1.165) is 0 Å². The third-order valence-electron chi connectivity index (χ3n) is 4.89. The topological polar surface area (TPSA) is 90.2 Å². The molecule has 0 saturated heterocycles. The first kappa shape index (κ1) is 19.2. The Hall–Kier alpha value is -2.73. The summed E-state index contributed by atoms with van der Waals surface area (Å²) in [6.07, 6.45) is -2.25. The smallest absolute Gasteiger partial charge is 0.395 e. The second kappa shape index (κ2) is 6.14. The summed E-state index contributed by atoms with van der Waals surface area (Å²) in [7, 11) is -3.76. The third kappa shape index (κ3) is 2.77. The van der Waals surface area contributed by atoms with Gasteiger partial charge in [-0.15, -0.1) is 8.78 Å². The molecule has 0 unspecified atom stereocenters. The number of ether oxygens (including phenoxy) is 2. The molecule has 0 radical (unpaired) electrons. The van der Waals surface area contributed by atoms with Crippen LogP contribution in [0.2, 0.25) is 0 Å². The van der Waals surface area contributed by atoms with Gasteiger partial charge in [0.15, 0.2) is 32.2 Å². The van der Waals surface area contributed by atoms with Gasteiger partial charge in [-0.3, -0.25) is 14.1 Å². The van der Waals surface area contributed by atoms with E-state index in [1.165, 1.54) is 28.4 Å². The van der Waals surface area contributed by atoms with Crippen molar-refractivity contribution in [3.05, 3.63) is 46.1 Å². The Morgan fingerprint density at radius 3 is 2.63 bits per heavy atom. The molecule has 0 fully saturated rings. The minimum absolute atomic E-state index is 0.0246. The molecule has 12 heteroatoms.